The average molecular weight is 348 g/mol. The van der Waals surface area contributed by atoms with Crippen LogP contribution in [-0.2, 0) is 16.1 Å². The Kier molecular flexibility index (Phi) is 5.99. The van der Waals surface area contributed by atoms with Crippen molar-refractivity contribution in [3.05, 3.63) is 36.2 Å². The first-order chi connectivity index (χ1) is 11.8. The van der Waals surface area contributed by atoms with Gasteiger partial charge in [0, 0.05) is 38.7 Å². The van der Waals surface area contributed by atoms with Crippen molar-refractivity contribution >= 4 is 28.5 Å². The van der Waals surface area contributed by atoms with E-state index in [2.05, 4.69) is 9.97 Å². The van der Waals surface area contributed by atoms with Crippen LogP contribution in [0.1, 0.15) is 24.8 Å². The molecule has 0 atom stereocenters. The van der Waals surface area contributed by atoms with E-state index in [0.717, 1.165) is 55.6 Å². The molecule has 1 aliphatic rings. The van der Waals surface area contributed by atoms with Gasteiger partial charge in [-0.2, -0.15) is 0 Å². The van der Waals surface area contributed by atoms with Crippen LogP contribution in [0.4, 0.5) is 0 Å². The van der Waals surface area contributed by atoms with Crippen molar-refractivity contribution in [1.82, 2.24) is 14.9 Å². The van der Waals surface area contributed by atoms with Gasteiger partial charge in [0.05, 0.1) is 11.0 Å². The summed E-state index contributed by atoms with van der Waals surface area (Å²) in [6, 6.07) is 5.94. The van der Waals surface area contributed by atoms with E-state index in [-0.39, 0.29) is 11.8 Å². The molecule has 0 saturated carbocycles. The van der Waals surface area contributed by atoms with E-state index in [1.165, 1.54) is 0 Å². The first kappa shape index (κ1) is 17.1. The molecular weight excluding hydrogens is 326 g/mol. The number of ether oxygens (including phenoxy) is 1. The van der Waals surface area contributed by atoms with Gasteiger partial charge < -0.3 is 9.64 Å². The summed E-state index contributed by atoms with van der Waals surface area (Å²) < 4.78 is 5.40. The zero-order chi connectivity index (χ0) is 16.8. The largest absolute Gasteiger partial charge is 0.381 e. The van der Waals surface area contributed by atoms with Crippen LogP contribution < -0.4 is 0 Å². The SMILES string of the molecule is O=C(CCl)N(CCC1CCOCC1)Cc1ccc2nccnc2c1. The maximum atomic E-state index is 12.2. The normalized spacial score (nSPS) is 15.5. The molecule has 5 nitrogen and oxygen atoms in total. The number of aromatic nitrogens is 2. The molecule has 1 saturated heterocycles. The van der Waals surface area contributed by atoms with E-state index in [9.17, 15) is 4.79 Å². The number of nitrogens with zero attached hydrogens (tertiary/aromatic N) is 3. The third kappa shape index (κ3) is 4.42. The van der Waals surface area contributed by atoms with E-state index in [0.29, 0.717) is 12.5 Å². The van der Waals surface area contributed by atoms with Crippen LogP contribution in [0.25, 0.3) is 11.0 Å². The topological polar surface area (TPSA) is 55.3 Å². The molecule has 2 aromatic rings. The van der Waals surface area contributed by atoms with Gasteiger partial charge in [0.2, 0.25) is 5.91 Å². The maximum Gasteiger partial charge on any atom is 0.237 e. The summed E-state index contributed by atoms with van der Waals surface area (Å²) >= 11 is 5.80. The van der Waals surface area contributed by atoms with Gasteiger partial charge in [-0.1, -0.05) is 6.07 Å². The monoisotopic (exact) mass is 347 g/mol. The summed E-state index contributed by atoms with van der Waals surface area (Å²) in [7, 11) is 0. The first-order valence-corrected chi connectivity index (χ1v) is 8.91. The van der Waals surface area contributed by atoms with Crippen molar-refractivity contribution in [1.29, 1.82) is 0 Å². The molecule has 1 aromatic carbocycles. The summed E-state index contributed by atoms with van der Waals surface area (Å²) in [5, 5.41) is 0. The number of alkyl halides is 1. The first-order valence-electron chi connectivity index (χ1n) is 8.37. The smallest absolute Gasteiger partial charge is 0.237 e. The van der Waals surface area contributed by atoms with Crippen molar-refractivity contribution in [3.8, 4) is 0 Å². The Bertz CT molecular complexity index is 689. The molecule has 0 aliphatic carbocycles. The van der Waals surface area contributed by atoms with Gasteiger partial charge >= 0.3 is 0 Å². The van der Waals surface area contributed by atoms with Crippen LogP contribution in [0.2, 0.25) is 0 Å². The van der Waals surface area contributed by atoms with Gasteiger partial charge in [0.25, 0.3) is 0 Å². The molecule has 0 N–H and O–H groups in total. The second kappa shape index (κ2) is 8.40. The van der Waals surface area contributed by atoms with Crippen LogP contribution in [0, 0.1) is 5.92 Å². The Morgan fingerprint density at radius 2 is 1.96 bits per heavy atom. The lowest BCUT2D eigenvalue weighted by Gasteiger charge is -2.27. The molecule has 0 spiro atoms. The molecule has 1 fully saturated rings. The van der Waals surface area contributed by atoms with Crippen LogP contribution in [0.3, 0.4) is 0 Å². The highest BCUT2D eigenvalue weighted by molar-refractivity contribution is 6.27. The highest BCUT2D eigenvalue weighted by atomic mass is 35.5. The number of halogens is 1. The van der Waals surface area contributed by atoms with E-state index >= 15 is 0 Å². The summed E-state index contributed by atoms with van der Waals surface area (Å²) in [5.41, 5.74) is 2.75. The molecule has 0 radical (unpaired) electrons. The van der Waals surface area contributed by atoms with Crippen molar-refractivity contribution < 1.29 is 9.53 Å². The Labute approximate surface area is 147 Å². The third-order valence-corrected chi connectivity index (χ3v) is 4.75. The zero-order valence-corrected chi connectivity index (χ0v) is 14.4. The second-order valence-electron chi connectivity index (χ2n) is 6.17. The van der Waals surface area contributed by atoms with Gasteiger partial charge in [-0.25, -0.2) is 0 Å². The minimum Gasteiger partial charge on any atom is -0.381 e. The molecule has 0 bridgehead atoms. The molecule has 6 heteroatoms. The number of rotatable bonds is 6. The summed E-state index contributed by atoms with van der Waals surface area (Å²) in [6.45, 7) is 2.95. The predicted molar refractivity (Wildman–Crippen MR) is 93.8 cm³/mol. The lowest BCUT2D eigenvalue weighted by Crippen LogP contribution is -2.34. The summed E-state index contributed by atoms with van der Waals surface area (Å²) in [5.74, 6) is 0.621. The standard InChI is InChI=1S/C18H22ClN3O2/c19-12-18(23)22(8-3-14-4-9-24-10-5-14)13-15-1-2-16-17(11-15)21-7-6-20-16/h1-2,6-7,11,14H,3-5,8-10,12-13H2. The number of hydrogen-bond acceptors (Lipinski definition) is 4. The minimum absolute atomic E-state index is 0.0150. The molecule has 24 heavy (non-hydrogen) atoms. The fraction of sp³-hybridized carbons (Fsp3) is 0.500. The van der Waals surface area contributed by atoms with Crippen LogP contribution in [0.15, 0.2) is 30.6 Å². The molecule has 1 amide bonds. The van der Waals surface area contributed by atoms with Crippen LogP contribution in [0.5, 0.6) is 0 Å². The highest BCUT2D eigenvalue weighted by Gasteiger charge is 2.18. The van der Waals surface area contributed by atoms with Gasteiger partial charge in [0.1, 0.15) is 5.88 Å². The molecule has 1 aromatic heterocycles. The average Bonchev–Trinajstić information content (AvgIpc) is 2.65. The number of fused-ring (bicyclic) bond motifs is 1. The number of benzene rings is 1. The van der Waals surface area contributed by atoms with E-state index < -0.39 is 0 Å². The Morgan fingerprint density at radius 1 is 1.21 bits per heavy atom. The summed E-state index contributed by atoms with van der Waals surface area (Å²) in [6.07, 6.45) is 6.51. The van der Waals surface area contributed by atoms with E-state index in [1.807, 2.05) is 23.1 Å². The fourth-order valence-electron chi connectivity index (χ4n) is 3.08. The van der Waals surface area contributed by atoms with Gasteiger partial charge in [-0.15, -0.1) is 11.6 Å². The zero-order valence-electron chi connectivity index (χ0n) is 13.7. The summed E-state index contributed by atoms with van der Waals surface area (Å²) in [4.78, 5) is 22.6. The maximum absolute atomic E-state index is 12.2. The van der Waals surface area contributed by atoms with E-state index in [1.54, 1.807) is 12.4 Å². The molecular formula is C18H22ClN3O2. The quantitative estimate of drug-likeness (QED) is 0.754. The van der Waals surface area contributed by atoms with Gasteiger partial charge in [0.15, 0.2) is 0 Å². The molecule has 0 unspecified atom stereocenters. The lowest BCUT2D eigenvalue weighted by atomic mass is 9.96. The van der Waals surface area contributed by atoms with Crippen molar-refractivity contribution in [3.63, 3.8) is 0 Å². The number of hydrogen-bond donors (Lipinski definition) is 0. The van der Waals surface area contributed by atoms with Crippen molar-refractivity contribution in [2.45, 2.75) is 25.8 Å². The third-order valence-electron chi connectivity index (χ3n) is 4.52. The molecule has 1 aliphatic heterocycles. The number of amides is 1. The van der Waals surface area contributed by atoms with Crippen LogP contribution >= 0.6 is 11.6 Å². The number of carbonyl (C=O) groups is 1. The fourth-order valence-corrected chi connectivity index (χ4v) is 3.25. The van der Waals surface area contributed by atoms with Crippen molar-refractivity contribution in [2.24, 2.45) is 5.92 Å². The predicted octanol–water partition coefficient (Wildman–Crippen LogP) is 3.01. The molecule has 3 rings (SSSR count). The van der Waals surface area contributed by atoms with Gasteiger partial charge in [-0.3, -0.25) is 14.8 Å². The van der Waals surface area contributed by atoms with E-state index in [4.69, 9.17) is 16.3 Å². The minimum atomic E-state index is -0.0250. The molecule has 2 heterocycles. The Hall–Kier alpha value is -1.72. The lowest BCUT2D eigenvalue weighted by molar-refractivity contribution is -0.129. The number of carbonyl (C=O) groups excluding carboxylic acids is 1. The Balaban J connectivity index is 1.66. The van der Waals surface area contributed by atoms with Crippen LogP contribution in [-0.4, -0.2) is 46.4 Å². The molecule has 128 valence electrons. The second-order valence-corrected chi connectivity index (χ2v) is 6.44. The highest BCUT2D eigenvalue weighted by Crippen LogP contribution is 2.20. The van der Waals surface area contributed by atoms with Gasteiger partial charge in [-0.05, 0) is 42.9 Å². The Morgan fingerprint density at radius 3 is 2.71 bits per heavy atom. The van der Waals surface area contributed by atoms with Crippen molar-refractivity contribution in [2.75, 3.05) is 25.6 Å².